The Morgan fingerprint density at radius 1 is 1.56 bits per heavy atom. The minimum atomic E-state index is -0.757. The molecule has 0 bridgehead atoms. The summed E-state index contributed by atoms with van der Waals surface area (Å²) < 4.78 is 5.05. The Bertz CT molecular complexity index is 432. The molecule has 1 saturated heterocycles. The molecule has 1 atom stereocenters. The fraction of sp³-hybridized carbons (Fsp3) is 0.692. The summed E-state index contributed by atoms with van der Waals surface area (Å²) in [6.07, 6.45) is 1.90. The van der Waals surface area contributed by atoms with Gasteiger partial charge in [0.2, 0.25) is 5.91 Å². The Morgan fingerprint density at radius 3 is 2.83 bits per heavy atom. The van der Waals surface area contributed by atoms with E-state index in [2.05, 4.69) is 5.16 Å². The number of aryl methyl sites for hydroxylation is 2. The molecule has 1 N–H and O–H groups in total. The van der Waals surface area contributed by atoms with E-state index in [4.69, 9.17) is 4.52 Å². The summed E-state index contributed by atoms with van der Waals surface area (Å²) >= 11 is 0. The highest BCUT2D eigenvalue weighted by Gasteiger charge is 2.31. The second-order valence-electron chi connectivity index (χ2n) is 5.40. The van der Waals surface area contributed by atoms with Crippen molar-refractivity contribution in [3.63, 3.8) is 0 Å². The Balaban J connectivity index is 2.04. The van der Waals surface area contributed by atoms with Gasteiger partial charge in [-0.2, -0.15) is 0 Å². The van der Waals surface area contributed by atoms with Crippen LogP contribution in [0, 0.1) is 13.8 Å². The first kappa shape index (κ1) is 13.1. The predicted molar refractivity (Wildman–Crippen MR) is 66.1 cm³/mol. The monoisotopic (exact) mass is 252 g/mol. The molecule has 1 aromatic heterocycles. The number of carbonyl (C=O) groups excluding carboxylic acids is 1. The van der Waals surface area contributed by atoms with E-state index in [0.717, 1.165) is 30.6 Å². The first-order valence-corrected chi connectivity index (χ1v) is 6.31. The molecule has 1 aliphatic heterocycles. The van der Waals surface area contributed by atoms with Crippen LogP contribution in [0.3, 0.4) is 0 Å². The summed E-state index contributed by atoms with van der Waals surface area (Å²) in [6.45, 7) is 6.57. The third kappa shape index (κ3) is 2.72. The zero-order chi connectivity index (χ0) is 13.3. The minimum Gasteiger partial charge on any atom is -0.388 e. The highest BCUT2D eigenvalue weighted by atomic mass is 16.5. The molecule has 1 fully saturated rings. The molecule has 2 heterocycles. The van der Waals surface area contributed by atoms with Gasteiger partial charge in [-0.3, -0.25) is 4.79 Å². The van der Waals surface area contributed by atoms with Crippen molar-refractivity contribution in [2.24, 2.45) is 0 Å². The average Bonchev–Trinajstić information content (AvgIpc) is 2.59. The lowest BCUT2D eigenvalue weighted by atomic mass is 9.94. The van der Waals surface area contributed by atoms with Gasteiger partial charge in [-0.15, -0.1) is 0 Å². The fourth-order valence-electron chi connectivity index (χ4n) is 2.45. The molecule has 0 saturated carbocycles. The molecule has 5 nitrogen and oxygen atoms in total. The van der Waals surface area contributed by atoms with E-state index in [1.165, 1.54) is 0 Å². The summed E-state index contributed by atoms with van der Waals surface area (Å²) in [5, 5.41) is 13.9. The molecule has 0 spiro atoms. The first-order valence-electron chi connectivity index (χ1n) is 6.31. The van der Waals surface area contributed by atoms with Gasteiger partial charge in [0.1, 0.15) is 5.76 Å². The number of β-amino-alcohol motifs (C(OH)–C–C–N with tert-alkyl or cyclic N) is 1. The zero-order valence-electron chi connectivity index (χ0n) is 11.2. The van der Waals surface area contributed by atoms with Crippen LogP contribution < -0.4 is 0 Å². The fourth-order valence-corrected chi connectivity index (χ4v) is 2.45. The number of likely N-dealkylation sites (tertiary alicyclic amines) is 1. The number of rotatable bonds is 2. The molecule has 18 heavy (non-hydrogen) atoms. The first-order chi connectivity index (χ1) is 8.39. The van der Waals surface area contributed by atoms with Crippen molar-refractivity contribution >= 4 is 5.91 Å². The molecule has 5 heteroatoms. The van der Waals surface area contributed by atoms with Crippen molar-refractivity contribution in [1.82, 2.24) is 10.1 Å². The lowest BCUT2D eigenvalue weighted by Crippen LogP contribution is -2.49. The molecule has 1 amide bonds. The van der Waals surface area contributed by atoms with E-state index in [1.807, 2.05) is 13.8 Å². The van der Waals surface area contributed by atoms with Crippen molar-refractivity contribution in [3.05, 3.63) is 17.0 Å². The van der Waals surface area contributed by atoms with E-state index >= 15 is 0 Å². The van der Waals surface area contributed by atoms with E-state index in [-0.39, 0.29) is 5.91 Å². The maximum absolute atomic E-state index is 12.2. The molecule has 1 aromatic rings. The smallest absolute Gasteiger partial charge is 0.227 e. The summed E-state index contributed by atoms with van der Waals surface area (Å²) in [5.41, 5.74) is 0.877. The van der Waals surface area contributed by atoms with Crippen molar-refractivity contribution < 1.29 is 14.4 Å². The largest absolute Gasteiger partial charge is 0.388 e. The van der Waals surface area contributed by atoms with Crippen LogP contribution in [-0.4, -0.2) is 39.8 Å². The van der Waals surface area contributed by atoms with Gasteiger partial charge in [0.25, 0.3) is 0 Å². The quantitative estimate of drug-likeness (QED) is 0.859. The Kier molecular flexibility index (Phi) is 3.43. The topological polar surface area (TPSA) is 66.6 Å². The van der Waals surface area contributed by atoms with Crippen molar-refractivity contribution in [3.8, 4) is 0 Å². The molecular formula is C13H20N2O3. The number of aromatic nitrogens is 1. The molecule has 0 aliphatic carbocycles. The van der Waals surface area contributed by atoms with Crippen LogP contribution in [-0.2, 0) is 11.2 Å². The lowest BCUT2D eigenvalue weighted by molar-refractivity contribution is -0.136. The molecule has 0 radical (unpaired) electrons. The number of amides is 1. The summed E-state index contributed by atoms with van der Waals surface area (Å²) in [7, 11) is 0. The van der Waals surface area contributed by atoms with Gasteiger partial charge in [0.05, 0.1) is 17.7 Å². The maximum Gasteiger partial charge on any atom is 0.227 e. The summed E-state index contributed by atoms with van der Waals surface area (Å²) in [5.74, 6) is 0.731. The van der Waals surface area contributed by atoms with Gasteiger partial charge < -0.3 is 14.5 Å². The van der Waals surface area contributed by atoms with Gasteiger partial charge in [0, 0.05) is 18.7 Å². The van der Waals surface area contributed by atoms with Gasteiger partial charge in [-0.1, -0.05) is 5.16 Å². The Labute approximate surface area is 107 Å². The average molecular weight is 252 g/mol. The van der Waals surface area contributed by atoms with Crippen LogP contribution >= 0.6 is 0 Å². The van der Waals surface area contributed by atoms with Crippen LogP contribution in [0.25, 0.3) is 0 Å². The summed E-state index contributed by atoms with van der Waals surface area (Å²) in [4.78, 5) is 13.9. The van der Waals surface area contributed by atoms with Crippen LogP contribution in [0.4, 0.5) is 0 Å². The normalized spacial score (nSPS) is 24.3. The van der Waals surface area contributed by atoms with E-state index in [1.54, 1.807) is 11.8 Å². The molecule has 100 valence electrons. The van der Waals surface area contributed by atoms with E-state index in [9.17, 15) is 9.90 Å². The number of nitrogens with zero attached hydrogens (tertiary/aromatic N) is 2. The SMILES string of the molecule is Cc1noc(C)c1CC(=O)N1CCCC(C)(O)C1. The molecule has 1 aliphatic rings. The van der Waals surface area contributed by atoms with Gasteiger partial charge in [0.15, 0.2) is 0 Å². The number of hydrogen-bond acceptors (Lipinski definition) is 4. The number of piperidine rings is 1. The van der Waals surface area contributed by atoms with Crippen LogP contribution in [0.5, 0.6) is 0 Å². The van der Waals surface area contributed by atoms with Gasteiger partial charge in [-0.25, -0.2) is 0 Å². The van der Waals surface area contributed by atoms with Crippen molar-refractivity contribution in [1.29, 1.82) is 0 Å². The van der Waals surface area contributed by atoms with Crippen molar-refractivity contribution in [2.75, 3.05) is 13.1 Å². The standard InChI is InChI=1S/C13H20N2O3/c1-9-11(10(2)18-14-9)7-12(16)15-6-4-5-13(3,17)8-15/h17H,4-8H2,1-3H3. The minimum absolute atomic E-state index is 0.0318. The summed E-state index contributed by atoms with van der Waals surface area (Å²) in [6, 6.07) is 0. The van der Waals surface area contributed by atoms with Crippen LogP contribution in [0.1, 0.15) is 36.8 Å². The third-order valence-electron chi connectivity index (χ3n) is 3.54. The predicted octanol–water partition coefficient (Wildman–Crippen LogP) is 1.21. The maximum atomic E-state index is 12.2. The molecule has 2 rings (SSSR count). The second kappa shape index (κ2) is 4.72. The zero-order valence-corrected chi connectivity index (χ0v) is 11.2. The number of carbonyl (C=O) groups is 1. The van der Waals surface area contributed by atoms with Crippen LogP contribution in [0.2, 0.25) is 0 Å². The Morgan fingerprint density at radius 2 is 2.28 bits per heavy atom. The van der Waals surface area contributed by atoms with Crippen molar-refractivity contribution in [2.45, 2.75) is 45.6 Å². The van der Waals surface area contributed by atoms with E-state index < -0.39 is 5.60 Å². The van der Waals surface area contributed by atoms with Crippen LogP contribution in [0.15, 0.2) is 4.52 Å². The molecular weight excluding hydrogens is 232 g/mol. The number of hydrogen-bond donors (Lipinski definition) is 1. The van der Waals surface area contributed by atoms with Gasteiger partial charge >= 0.3 is 0 Å². The Hall–Kier alpha value is -1.36. The second-order valence-corrected chi connectivity index (χ2v) is 5.40. The van der Waals surface area contributed by atoms with E-state index in [0.29, 0.717) is 18.7 Å². The highest BCUT2D eigenvalue weighted by molar-refractivity contribution is 5.79. The third-order valence-corrected chi connectivity index (χ3v) is 3.54. The van der Waals surface area contributed by atoms with Gasteiger partial charge in [-0.05, 0) is 33.6 Å². The molecule has 0 aromatic carbocycles. The highest BCUT2D eigenvalue weighted by Crippen LogP contribution is 2.22. The number of aliphatic hydroxyl groups is 1. The lowest BCUT2D eigenvalue weighted by Gasteiger charge is -2.36. The molecule has 1 unspecified atom stereocenters.